The summed E-state index contributed by atoms with van der Waals surface area (Å²) in [5, 5.41) is 10.7. The first-order valence-corrected chi connectivity index (χ1v) is 7.62. The van der Waals surface area contributed by atoms with E-state index in [0.717, 1.165) is 32.3 Å². The average Bonchev–Trinajstić information content (AvgIpc) is 3.09. The number of rotatable bonds is 6. The molecule has 2 rings (SSSR count). The second kappa shape index (κ2) is 7.40. The highest BCUT2D eigenvalue weighted by Gasteiger charge is 2.16. The van der Waals surface area contributed by atoms with Crippen LogP contribution in [-0.4, -0.2) is 52.2 Å². The van der Waals surface area contributed by atoms with Crippen LogP contribution >= 0.6 is 0 Å². The third kappa shape index (κ3) is 4.70. The molecule has 1 aromatic rings. The van der Waals surface area contributed by atoms with Crippen molar-refractivity contribution in [1.82, 2.24) is 19.9 Å². The highest BCUT2D eigenvalue weighted by Crippen LogP contribution is 2.17. The number of ether oxygens (including phenoxy) is 1. The fourth-order valence-electron chi connectivity index (χ4n) is 2.32. The third-order valence-corrected chi connectivity index (χ3v) is 3.66. The van der Waals surface area contributed by atoms with Gasteiger partial charge in [-0.25, -0.2) is 9.48 Å². The van der Waals surface area contributed by atoms with Crippen molar-refractivity contribution in [2.75, 3.05) is 25.5 Å². The molecule has 21 heavy (non-hydrogen) atoms. The number of amides is 2. The summed E-state index contributed by atoms with van der Waals surface area (Å²) in [4.78, 5) is 13.7. The molecule has 1 atom stereocenters. The number of nitrogens with one attached hydrogen (secondary N) is 1. The van der Waals surface area contributed by atoms with Gasteiger partial charge < -0.3 is 9.64 Å². The van der Waals surface area contributed by atoms with E-state index in [2.05, 4.69) is 15.6 Å². The topological polar surface area (TPSA) is 72.3 Å². The Morgan fingerprint density at radius 3 is 3.05 bits per heavy atom. The molecule has 118 valence electrons. The molecule has 1 aliphatic heterocycles. The van der Waals surface area contributed by atoms with Gasteiger partial charge in [0.15, 0.2) is 5.82 Å². The summed E-state index contributed by atoms with van der Waals surface area (Å²) in [5.74, 6) is 0.486. The number of carbonyl (C=O) groups is 1. The van der Waals surface area contributed by atoms with Gasteiger partial charge in [0.2, 0.25) is 0 Å². The number of urea groups is 1. The second-order valence-electron chi connectivity index (χ2n) is 5.81. The molecule has 7 nitrogen and oxygen atoms in total. The van der Waals surface area contributed by atoms with Crippen LogP contribution in [0.2, 0.25) is 0 Å². The van der Waals surface area contributed by atoms with Crippen LogP contribution in [0.15, 0.2) is 6.20 Å². The summed E-state index contributed by atoms with van der Waals surface area (Å²) in [7, 11) is 1.79. The van der Waals surface area contributed by atoms with Crippen LogP contribution in [0, 0.1) is 0 Å². The van der Waals surface area contributed by atoms with Crippen molar-refractivity contribution in [3.8, 4) is 0 Å². The van der Waals surface area contributed by atoms with Crippen LogP contribution in [0.25, 0.3) is 0 Å². The summed E-state index contributed by atoms with van der Waals surface area (Å²) < 4.78 is 7.29. The van der Waals surface area contributed by atoms with Gasteiger partial charge in [0.25, 0.3) is 0 Å². The van der Waals surface area contributed by atoms with E-state index < -0.39 is 0 Å². The van der Waals surface area contributed by atoms with Crippen molar-refractivity contribution in [2.45, 2.75) is 51.7 Å². The van der Waals surface area contributed by atoms with Gasteiger partial charge in [0.05, 0.1) is 12.3 Å². The van der Waals surface area contributed by atoms with E-state index in [4.69, 9.17) is 4.74 Å². The number of aromatic nitrogens is 3. The van der Waals surface area contributed by atoms with Gasteiger partial charge in [-0.15, -0.1) is 5.10 Å². The van der Waals surface area contributed by atoms with Crippen LogP contribution < -0.4 is 5.32 Å². The largest absolute Gasteiger partial charge is 0.378 e. The van der Waals surface area contributed by atoms with E-state index in [9.17, 15) is 4.79 Å². The first-order chi connectivity index (χ1) is 10.1. The molecule has 0 radical (unpaired) electrons. The molecule has 1 saturated heterocycles. The fourth-order valence-corrected chi connectivity index (χ4v) is 2.32. The summed E-state index contributed by atoms with van der Waals surface area (Å²) in [6.07, 6.45) is 6.39. The van der Waals surface area contributed by atoms with Crippen LogP contribution in [0.1, 0.15) is 45.6 Å². The molecule has 0 saturated carbocycles. The van der Waals surface area contributed by atoms with Crippen molar-refractivity contribution in [2.24, 2.45) is 0 Å². The van der Waals surface area contributed by atoms with E-state index in [1.807, 2.05) is 13.8 Å². The Labute approximate surface area is 125 Å². The van der Waals surface area contributed by atoms with Crippen molar-refractivity contribution < 1.29 is 9.53 Å². The molecular weight excluding hydrogens is 270 g/mol. The molecular formula is C14H25N5O2. The van der Waals surface area contributed by atoms with E-state index in [-0.39, 0.29) is 12.1 Å². The second-order valence-corrected chi connectivity index (χ2v) is 5.81. The first kappa shape index (κ1) is 15.8. The average molecular weight is 295 g/mol. The summed E-state index contributed by atoms with van der Waals surface area (Å²) in [5.41, 5.74) is 0. The highest BCUT2D eigenvalue weighted by atomic mass is 16.5. The van der Waals surface area contributed by atoms with Crippen molar-refractivity contribution >= 4 is 11.8 Å². The Balaban J connectivity index is 1.71. The van der Waals surface area contributed by atoms with Gasteiger partial charge >= 0.3 is 6.03 Å². The molecule has 1 aliphatic rings. The smallest absolute Gasteiger partial charge is 0.322 e. The summed E-state index contributed by atoms with van der Waals surface area (Å²) in [6.45, 7) is 5.62. The highest BCUT2D eigenvalue weighted by molar-refractivity contribution is 5.87. The number of hydrogen-bond donors (Lipinski definition) is 1. The maximum absolute atomic E-state index is 12.0. The van der Waals surface area contributed by atoms with Gasteiger partial charge in [-0.2, -0.15) is 0 Å². The summed E-state index contributed by atoms with van der Waals surface area (Å²) in [6, 6.07) is 0.0745. The van der Waals surface area contributed by atoms with Gasteiger partial charge in [-0.3, -0.25) is 5.32 Å². The van der Waals surface area contributed by atoms with Crippen LogP contribution in [-0.2, 0) is 4.74 Å². The number of anilines is 1. The van der Waals surface area contributed by atoms with E-state index >= 15 is 0 Å². The molecule has 1 N–H and O–H groups in total. The Morgan fingerprint density at radius 1 is 1.62 bits per heavy atom. The molecule has 0 aliphatic carbocycles. The van der Waals surface area contributed by atoms with Gasteiger partial charge in [0, 0.05) is 26.2 Å². The van der Waals surface area contributed by atoms with E-state index in [1.165, 1.54) is 0 Å². The number of nitrogens with zero attached hydrogens (tertiary/aromatic N) is 4. The lowest BCUT2D eigenvalue weighted by molar-refractivity contribution is 0.101. The molecule has 1 fully saturated rings. The van der Waals surface area contributed by atoms with Gasteiger partial charge in [0.1, 0.15) is 0 Å². The maximum Gasteiger partial charge on any atom is 0.322 e. The number of hydrogen-bond acceptors (Lipinski definition) is 4. The van der Waals surface area contributed by atoms with E-state index in [0.29, 0.717) is 18.5 Å². The minimum Gasteiger partial charge on any atom is -0.378 e. The van der Waals surface area contributed by atoms with Gasteiger partial charge in [-0.05, 0) is 39.5 Å². The minimum absolute atomic E-state index is 0.154. The predicted octanol–water partition coefficient (Wildman–Crippen LogP) is 2.28. The molecule has 7 heteroatoms. The number of carbonyl (C=O) groups excluding carboxylic acids is 1. The fraction of sp³-hybridized carbons (Fsp3) is 0.786. The first-order valence-electron chi connectivity index (χ1n) is 7.62. The minimum atomic E-state index is -0.154. The van der Waals surface area contributed by atoms with Gasteiger partial charge in [-0.1, -0.05) is 5.21 Å². The lowest BCUT2D eigenvalue weighted by atomic mass is 10.1. The molecule has 0 aromatic carbocycles. The van der Waals surface area contributed by atoms with Crippen molar-refractivity contribution in [3.63, 3.8) is 0 Å². The normalized spacial score (nSPS) is 18.2. The SMILES string of the molecule is CC(C)n1cc(NC(=O)N(C)CCCC2CCCO2)nn1. The molecule has 1 unspecified atom stereocenters. The molecule has 1 aromatic heterocycles. The predicted molar refractivity (Wildman–Crippen MR) is 80.3 cm³/mol. The Morgan fingerprint density at radius 2 is 2.43 bits per heavy atom. The molecule has 0 bridgehead atoms. The van der Waals surface area contributed by atoms with Crippen molar-refractivity contribution in [1.29, 1.82) is 0 Å². The lowest BCUT2D eigenvalue weighted by Crippen LogP contribution is -2.32. The summed E-state index contributed by atoms with van der Waals surface area (Å²) >= 11 is 0. The Hall–Kier alpha value is -1.63. The molecule has 2 heterocycles. The quantitative estimate of drug-likeness (QED) is 0.874. The van der Waals surface area contributed by atoms with E-state index in [1.54, 1.807) is 22.8 Å². The van der Waals surface area contributed by atoms with Crippen LogP contribution in [0.5, 0.6) is 0 Å². The van der Waals surface area contributed by atoms with Crippen LogP contribution in [0.4, 0.5) is 10.6 Å². The third-order valence-electron chi connectivity index (χ3n) is 3.66. The zero-order valence-corrected chi connectivity index (χ0v) is 13.1. The molecule has 2 amide bonds. The maximum atomic E-state index is 12.0. The lowest BCUT2D eigenvalue weighted by Gasteiger charge is -2.18. The monoisotopic (exact) mass is 295 g/mol. The zero-order valence-electron chi connectivity index (χ0n) is 13.1. The Bertz CT molecular complexity index is 454. The van der Waals surface area contributed by atoms with Crippen LogP contribution in [0.3, 0.4) is 0 Å². The Kier molecular flexibility index (Phi) is 5.55. The molecule has 0 spiro atoms. The standard InChI is InChI=1S/C14H25N5O2/c1-11(2)19-10-13(16-17-19)15-14(20)18(3)8-4-6-12-7-5-9-21-12/h10-12H,4-9H2,1-3H3,(H,15,20). The zero-order chi connectivity index (χ0) is 15.2. The van der Waals surface area contributed by atoms with Crippen molar-refractivity contribution in [3.05, 3.63) is 6.20 Å².